The minimum absolute atomic E-state index is 0.0232. The van der Waals surface area contributed by atoms with Gasteiger partial charge in [-0.2, -0.15) is 4.31 Å². The number of benzene rings is 2. The normalized spacial score (nSPS) is 16.7. The summed E-state index contributed by atoms with van der Waals surface area (Å²) in [7, 11) is -3.72. The Hall–Kier alpha value is -2.82. The molecule has 2 aromatic carbocycles. The maximum absolute atomic E-state index is 13.4. The Labute approximate surface area is 206 Å². The highest BCUT2D eigenvalue weighted by Crippen LogP contribution is 2.15. The summed E-state index contributed by atoms with van der Waals surface area (Å²) in [6.45, 7) is 2.21. The number of amides is 2. The van der Waals surface area contributed by atoms with Crippen LogP contribution in [0.2, 0.25) is 0 Å². The first-order valence-electron chi connectivity index (χ1n) is 11.6. The van der Waals surface area contributed by atoms with E-state index in [1.165, 1.54) is 29.2 Å². The number of halogens is 1. The first kappa shape index (κ1) is 26.8. The summed E-state index contributed by atoms with van der Waals surface area (Å²) in [6, 6.07) is 13.7. The van der Waals surface area contributed by atoms with E-state index in [0.29, 0.717) is 18.7 Å². The monoisotopic (exact) mass is 505 g/mol. The van der Waals surface area contributed by atoms with E-state index in [4.69, 9.17) is 4.74 Å². The number of carbonyl (C=O) groups is 2. The quantitative estimate of drug-likeness (QED) is 0.506. The van der Waals surface area contributed by atoms with Gasteiger partial charge in [-0.3, -0.25) is 9.59 Å². The summed E-state index contributed by atoms with van der Waals surface area (Å²) in [5.74, 6) is -1.32. The van der Waals surface area contributed by atoms with Gasteiger partial charge in [0.1, 0.15) is 11.9 Å². The predicted octanol–water partition coefficient (Wildman–Crippen LogP) is 2.30. The van der Waals surface area contributed by atoms with Crippen LogP contribution < -0.4 is 5.32 Å². The Bertz CT molecular complexity index is 1090. The molecule has 0 aromatic heterocycles. The van der Waals surface area contributed by atoms with Gasteiger partial charge in [0.05, 0.1) is 18.9 Å². The molecular formula is C25H32FN3O5S. The van der Waals surface area contributed by atoms with Gasteiger partial charge in [0.25, 0.3) is 0 Å². The number of carbonyl (C=O) groups excluding carboxylic acids is 2. The standard InChI is InChI=1S/C25H32FN3O5S/c1-19(25(31)27-15-23-9-6-14-34-23)29(17-21-10-12-22(26)13-11-21)24(30)18-28(35(2,32)33)16-20-7-4-3-5-8-20/h3-5,7-8,10-13,19,23H,6,9,14-18H2,1-2H3,(H,27,31)/t19-,23-/m0/s1. The van der Waals surface area contributed by atoms with Crippen LogP contribution in [0.25, 0.3) is 0 Å². The lowest BCUT2D eigenvalue weighted by Gasteiger charge is -2.31. The van der Waals surface area contributed by atoms with Gasteiger partial charge in [-0.25, -0.2) is 12.8 Å². The molecule has 1 fully saturated rings. The fourth-order valence-electron chi connectivity index (χ4n) is 3.86. The third kappa shape index (κ3) is 8.12. The fraction of sp³-hybridized carbons (Fsp3) is 0.440. The number of ether oxygens (including phenoxy) is 1. The number of sulfonamides is 1. The molecule has 0 bridgehead atoms. The second kappa shape index (κ2) is 12.2. The average molecular weight is 506 g/mol. The molecular weight excluding hydrogens is 473 g/mol. The zero-order valence-corrected chi connectivity index (χ0v) is 20.8. The molecule has 0 aliphatic carbocycles. The predicted molar refractivity (Wildman–Crippen MR) is 130 cm³/mol. The van der Waals surface area contributed by atoms with E-state index in [0.717, 1.165) is 29.0 Å². The van der Waals surface area contributed by atoms with Crippen LogP contribution in [-0.4, -0.2) is 67.5 Å². The highest BCUT2D eigenvalue weighted by Gasteiger charge is 2.30. The number of nitrogens with one attached hydrogen (secondary N) is 1. The van der Waals surface area contributed by atoms with Crippen LogP contribution in [0.3, 0.4) is 0 Å². The lowest BCUT2D eigenvalue weighted by Crippen LogP contribution is -2.51. The van der Waals surface area contributed by atoms with Crippen molar-refractivity contribution in [2.24, 2.45) is 0 Å². The molecule has 2 amide bonds. The lowest BCUT2D eigenvalue weighted by molar-refractivity contribution is -0.141. The summed E-state index contributed by atoms with van der Waals surface area (Å²) in [4.78, 5) is 27.6. The van der Waals surface area contributed by atoms with E-state index in [9.17, 15) is 22.4 Å². The minimum atomic E-state index is -3.72. The van der Waals surface area contributed by atoms with Gasteiger partial charge in [-0.05, 0) is 43.0 Å². The minimum Gasteiger partial charge on any atom is -0.376 e. The third-order valence-corrected chi connectivity index (χ3v) is 7.14. The first-order chi connectivity index (χ1) is 16.6. The second-order valence-corrected chi connectivity index (χ2v) is 10.7. The van der Waals surface area contributed by atoms with Crippen LogP contribution >= 0.6 is 0 Å². The molecule has 0 radical (unpaired) electrons. The van der Waals surface area contributed by atoms with E-state index in [-0.39, 0.29) is 25.1 Å². The zero-order valence-electron chi connectivity index (χ0n) is 20.0. The van der Waals surface area contributed by atoms with Gasteiger partial charge in [-0.15, -0.1) is 0 Å². The van der Waals surface area contributed by atoms with Gasteiger partial charge < -0.3 is 15.0 Å². The van der Waals surface area contributed by atoms with Gasteiger partial charge in [0, 0.05) is 26.2 Å². The number of rotatable bonds is 11. The maximum Gasteiger partial charge on any atom is 0.242 e. The van der Waals surface area contributed by atoms with Crippen LogP contribution in [0.5, 0.6) is 0 Å². The highest BCUT2D eigenvalue weighted by atomic mass is 32.2. The summed E-state index contributed by atoms with van der Waals surface area (Å²) in [6.07, 6.45) is 2.79. The molecule has 0 saturated carbocycles. The number of hydrogen-bond donors (Lipinski definition) is 1. The zero-order chi connectivity index (χ0) is 25.4. The van der Waals surface area contributed by atoms with Crippen molar-refractivity contribution in [1.82, 2.24) is 14.5 Å². The second-order valence-electron chi connectivity index (χ2n) is 8.72. The molecule has 2 aromatic rings. The Kier molecular flexibility index (Phi) is 9.36. The molecule has 2 atom stereocenters. The van der Waals surface area contributed by atoms with Crippen molar-refractivity contribution in [1.29, 1.82) is 0 Å². The summed E-state index contributed by atoms with van der Waals surface area (Å²) >= 11 is 0. The Morgan fingerprint density at radius 3 is 2.34 bits per heavy atom. The van der Waals surface area contributed by atoms with Crippen molar-refractivity contribution >= 4 is 21.8 Å². The van der Waals surface area contributed by atoms with Gasteiger partial charge in [0.2, 0.25) is 21.8 Å². The van der Waals surface area contributed by atoms with Crippen molar-refractivity contribution < 1.29 is 27.1 Å². The van der Waals surface area contributed by atoms with Gasteiger partial charge in [-0.1, -0.05) is 42.5 Å². The molecule has 35 heavy (non-hydrogen) atoms. The molecule has 1 saturated heterocycles. The van der Waals surface area contributed by atoms with E-state index in [2.05, 4.69) is 5.32 Å². The molecule has 0 spiro atoms. The van der Waals surface area contributed by atoms with Crippen molar-refractivity contribution in [2.45, 2.75) is 45.0 Å². The molecule has 1 aliphatic rings. The molecule has 1 heterocycles. The van der Waals surface area contributed by atoms with Crippen LogP contribution in [0.15, 0.2) is 54.6 Å². The van der Waals surface area contributed by atoms with Crippen LogP contribution in [0, 0.1) is 5.82 Å². The smallest absolute Gasteiger partial charge is 0.242 e. The number of nitrogens with zero attached hydrogens (tertiary/aromatic N) is 2. The molecule has 1 aliphatic heterocycles. The fourth-order valence-corrected chi connectivity index (χ4v) is 4.58. The first-order valence-corrected chi connectivity index (χ1v) is 13.4. The molecule has 190 valence electrons. The lowest BCUT2D eigenvalue weighted by atomic mass is 10.1. The maximum atomic E-state index is 13.4. The molecule has 0 unspecified atom stereocenters. The average Bonchev–Trinajstić information content (AvgIpc) is 3.35. The van der Waals surface area contributed by atoms with E-state index >= 15 is 0 Å². The van der Waals surface area contributed by atoms with E-state index in [1.54, 1.807) is 31.2 Å². The Morgan fingerprint density at radius 1 is 1.09 bits per heavy atom. The van der Waals surface area contributed by atoms with Crippen LogP contribution in [0.1, 0.15) is 30.9 Å². The summed E-state index contributed by atoms with van der Waals surface area (Å²) in [5, 5.41) is 2.83. The van der Waals surface area contributed by atoms with Crippen LogP contribution in [-0.2, 0) is 37.4 Å². The number of hydrogen-bond acceptors (Lipinski definition) is 5. The molecule has 10 heteroatoms. The molecule has 1 N–H and O–H groups in total. The summed E-state index contributed by atoms with van der Waals surface area (Å²) < 4.78 is 44.9. The Balaban J connectivity index is 1.77. The molecule has 3 rings (SSSR count). The van der Waals surface area contributed by atoms with Gasteiger partial charge in [0.15, 0.2) is 0 Å². The van der Waals surface area contributed by atoms with E-state index in [1.807, 2.05) is 6.07 Å². The largest absolute Gasteiger partial charge is 0.376 e. The topological polar surface area (TPSA) is 96.0 Å². The highest BCUT2D eigenvalue weighted by molar-refractivity contribution is 7.88. The third-order valence-electron chi connectivity index (χ3n) is 5.94. The van der Waals surface area contributed by atoms with Gasteiger partial charge >= 0.3 is 0 Å². The van der Waals surface area contributed by atoms with Crippen molar-refractivity contribution in [3.63, 3.8) is 0 Å². The molecule has 8 nitrogen and oxygen atoms in total. The summed E-state index contributed by atoms with van der Waals surface area (Å²) in [5.41, 5.74) is 1.35. The SMILES string of the molecule is C[C@@H](C(=O)NC[C@@H]1CCCO1)N(Cc1ccc(F)cc1)C(=O)CN(Cc1ccccc1)S(C)(=O)=O. The van der Waals surface area contributed by atoms with Crippen molar-refractivity contribution in [2.75, 3.05) is 26.0 Å². The van der Waals surface area contributed by atoms with E-state index < -0.39 is 34.3 Å². The van der Waals surface area contributed by atoms with Crippen molar-refractivity contribution in [3.8, 4) is 0 Å². The van der Waals surface area contributed by atoms with Crippen molar-refractivity contribution in [3.05, 3.63) is 71.5 Å². The van der Waals surface area contributed by atoms with Crippen LogP contribution in [0.4, 0.5) is 4.39 Å². The Morgan fingerprint density at radius 2 is 1.74 bits per heavy atom.